The average Bonchev–Trinajstić information content (AvgIpc) is 3.19. The Morgan fingerprint density at radius 1 is 1.29 bits per heavy atom. The molecule has 1 aromatic rings. The molecule has 3 aliphatic rings. The van der Waals surface area contributed by atoms with Crippen molar-refractivity contribution in [3.63, 3.8) is 0 Å². The summed E-state index contributed by atoms with van der Waals surface area (Å²) in [7, 11) is 0. The molecular weight excluding hydrogens is 312 g/mol. The SMILES string of the molecule is NC(=O)[C@]12CCOC[C@H]1CN(C(=O)Cc1ccc3c(c1)OCO3)C2. The number of fused-ring (bicyclic) bond motifs is 2. The van der Waals surface area contributed by atoms with Gasteiger partial charge in [-0.25, -0.2) is 0 Å². The Bertz CT molecular complexity index is 692. The third-order valence-corrected chi connectivity index (χ3v) is 5.34. The van der Waals surface area contributed by atoms with Crippen molar-refractivity contribution in [2.75, 3.05) is 33.1 Å². The number of primary amides is 1. The number of hydrogen-bond donors (Lipinski definition) is 1. The topological polar surface area (TPSA) is 91.1 Å². The van der Waals surface area contributed by atoms with E-state index in [-0.39, 0.29) is 30.9 Å². The van der Waals surface area contributed by atoms with E-state index in [0.717, 1.165) is 5.56 Å². The molecule has 0 spiro atoms. The molecule has 4 rings (SSSR count). The van der Waals surface area contributed by atoms with Gasteiger partial charge in [-0.1, -0.05) is 6.07 Å². The minimum atomic E-state index is -0.636. The number of carbonyl (C=O) groups is 2. The van der Waals surface area contributed by atoms with Gasteiger partial charge in [0.1, 0.15) is 0 Å². The van der Waals surface area contributed by atoms with E-state index in [4.69, 9.17) is 19.9 Å². The van der Waals surface area contributed by atoms with Crippen LogP contribution in [0.1, 0.15) is 12.0 Å². The lowest BCUT2D eigenvalue weighted by Gasteiger charge is -2.34. The van der Waals surface area contributed by atoms with Crippen molar-refractivity contribution in [3.05, 3.63) is 23.8 Å². The molecule has 128 valence electrons. The fraction of sp³-hybridized carbons (Fsp3) is 0.529. The van der Waals surface area contributed by atoms with Crippen LogP contribution in [0.4, 0.5) is 0 Å². The first-order valence-corrected chi connectivity index (χ1v) is 8.12. The van der Waals surface area contributed by atoms with Crippen molar-refractivity contribution in [1.82, 2.24) is 4.90 Å². The van der Waals surface area contributed by atoms with Crippen LogP contribution in [0.2, 0.25) is 0 Å². The summed E-state index contributed by atoms with van der Waals surface area (Å²) in [6, 6.07) is 5.51. The number of carbonyl (C=O) groups excluding carboxylic acids is 2. The second-order valence-electron chi connectivity index (χ2n) is 6.68. The molecule has 0 unspecified atom stereocenters. The Morgan fingerprint density at radius 3 is 2.92 bits per heavy atom. The van der Waals surface area contributed by atoms with E-state index in [1.807, 2.05) is 18.2 Å². The summed E-state index contributed by atoms with van der Waals surface area (Å²) in [5.41, 5.74) is 5.88. The molecule has 24 heavy (non-hydrogen) atoms. The second kappa shape index (κ2) is 5.66. The number of amides is 2. The lowest BCUT2D eigenvalue weighted by Crippen LogP contribution is -2.48. The van der Waals surface area contributed by atoms with Gasteiger partial charge in [-0.15, -0.1) is 0 Å². The van der Waals surface area contributed by atoms with Crippen molar-refractivity contribution in [3.8, 4) is 11.5 Å². The van der Waals surface area contributed by atoms with Crippen LogP contribution < -0.4 is 15.2 Å². The van der Waals surface area contributed by atoms with Gasteiger partial charge in [-0.2, -0.15) is 0 Å². The highest BCUT2D eigenvalue weighted by atomic mass is 16.7. The summed E-state index contributed by atoms with van der Waals surface area (Å²) < 4.78 is 16.1. The summed E-state index contributed by atoms with van der Waals surface area (Å²) in [4.78, 5) is 26.4. The third kappa shape index (κ3) is 2.39. The molecule has 1 aromatic carbocycles. The molecule has 7 heteroatoms. The Labute approximate surface area is 139 Å². The molecule has 2 saturated heterocycles. The molecule has 7 nitrogen and oxygen atoms in total. The molecule has 0 bridgehead atoms. The zero-order valence-corrected chi connectivity index (χ0v) is 13.3. The Kier molecular flexibility index (Phi) is 3.60. The minimum absolute atomic E-state index is 0.00976. The van der Waals surface area contributed by atoms with Crippen molar-refractivity contribution in [2.24, 2.45) is 17.1 Å². The van der Waals surface area contributed by atoms with Crippen LogP contribution in [-0.2, 0) is 20.7 Å². The highest BCUT2D eigenvalue weighted by Gasteiger charge is 2.53. The standard InChI is InChI=1S/C17H20N2O5/c18-16(21)17-3-4-22-8-12(17)7-19(9-17)15(20)6-11-1-2-13-14(5-11)24-10-23-13/h1-2,5,12H,3-4,6-10H2,(H2,18,21)/t12-,17+/m1/s1. The lowest BCUT2D eigenvalue weighted by molar-refractivity contribution is -0.136. The summed E-state index contributed by atoms with van der Waals surface area (Å²) in [6.07, 6.45) is 0.847. The molecule has 2 atom stereocenters. The normalized spacial score (nSPS) is 27.8. The van der Waals surface area contributed by atoms with Gasteiger partial charge < -0.3 is 24.8 Å². The molecule has 0 radical (unpaired) electrons. The van der Waals surface area contributed by atoms with E-state index in [1.54, 1.807) is 4.90 Å². The first kappa shape index (κ1) is 15.3. The molecule has 2 fully saturated rings. The summed E-state index contributed by atoms with van der Waals surface area (Å²) in [6.45, 7) is 2.12. The average molecular weight is 332 g/mol. The Morgan fingerprint density at radius 2 is 2.12 bits per heavy atom. The predicted octanol–water partition coefficient (Wildman–Crippen LogP) is 0.308. The molecular formula is C17H20N2O5. The predicted molar refractivity (Wildman–Crippen MR) is 83.4 cm³/mol. The van der Waals surface area contributed by atoms with E-state index in [9.17, 15) is 9.59 Å². The highest BCUT2D eigenvalue weighted by molar-refractivity contribution is 5.85. The fourth-order valence-corrected chi connectivity index (χ4v) is 3.88. The monoisotopic (exact) mass is 332 g/mol. The van der Waals surface area contributed by atoms with Gasteiger partial charge in [0.25, 0.3) is 0 Å². The van der Waals surface area contributed by atoms with E-state index < -0.39 is 5.41 Å². The van der Waals surface area contributed by atoms with Crippen molar-refractivity contribution >= 4 is 11.8 Å². The summed E-state index contributed by atoms with van der Waals surface area (Å²) in [5, 5.41) is 0. The lowest BCUT2D eigenvalue weighted by atomic mass is 9.74. The Balaban J connectivity index is 1.48. The first-order chi connectivity index (χ1) is 11.6. The molecule has 2 amide bonds. The number of nitrogens with two attached hydrogens (primary N) is 1. The highest BCUT2D eigenvalue weighted by Crippen LogP contribution is 2.42. The summed E-state index contributed by atoms with van der Waals surface area (Å²) in [5.74, 6) is 1.02. The number of ether oxygens (including phenoxy) is 3. The largest absolute Gasteiger partial charge is 0.454 e. The van der Waals surface area contributed by atoms with Gasteiger partial charge in [-0.05, 0) is 24.1 Å². The van der Waals surface area contributed by atoms with Crippen LogP contribution in [0.15, 0.2) is 18.2 Å². The zero-order chi connectivity index (χ0) is 16.7. The molecule has 0 aliphatic carbocycles. The van der Waals surface area contributed by atoms with Gasteiger partial charge in [0.15, 0.2) is 11.5 Å². The van der Waals surface area contributed by atoms with Gasteiger partial charge >= 0.3 is 0 Å². The fourth-order valence-electron chi connectivity index (χ4n) is 3.88. The summed E-state index contributed by atoms with van der Waals surface area (Å²) >= 11 is 0. The maximum Gasteiger partial charge on any atom is 0.231 e. The van der Waals surface area contributed by atoms with E-state index in [1.165, 1.54) is 0 Å². The molecule has 2 N–H and O–H groups in total. The molecule has 0 saturated carbocycles. The second-order valence-corrected chi connectivity index (χ2v) is 6.68. The van der Waals surface area contributed by atoms with Crippen LogP contribution >= 0.6 is 0 Å². The maximum atomic E-state index is 12.7. The number of benzene rings is 1. The number of rotatable bonds is 3. The molecule has 3 heterocycles. The van der Waals surface area contributed by atoms with Crippen molar-refractivity contribution in [1.29, 1.82) is 0 Å². The van der Waals surface area contributed by atoms with Crippen LogP contribution in [-0.4, -0.2) is 49.8 Å². The maximum absolute atomic E-state index is 12.7. The van der Waals surface area contributed by atoms with E-state index in [0.29, 0.717) is 44.2 Å². The van der Waals surface area contributed by atoms with Crippen molar-refractivity contribution < 1.29 is 23.8 Å². The van der Waals surface area contributed by atoms with Crippen LogP contribution in [0.5, 0.6) is 11.5 Å². The quantitative estimate of drug-likeness (QED) is 0.860. The zero-order valence-electron chi connectivity index (χ0n) is 13.3. The van der Waals surface area contributed by atoms with Gasteiger partial charge in [0.05, 0.1) is 18.4 Å². The van der Waals surface area contributed by atoms with Gasteiger partial charge in [0, 0.05) is 25.6 Å². The third-order valence-electron chi connectivity index (χ3n) is 5.34. The van der Waals surface area contributed by atoms with Crippen LogP contribution in [0.25, 0.3) is 0 Å². The van der Waals surface area contributed by atoms with Crippen LogP contribution in [0.3, 0.4) is 0 Å². The minimum Gasteiger partial charge on any atom is -0.454 e. The molecule has 0 aromatic heterocycles. The number of nitrogens with zero attached hydrogens (tertiary/aromatic N) is 1. The number of hydrogen-bond acceptors (Lipinski definition) is 5. The first-order valence-electron chi connectivity index (χ1n) is 8.12. The van der Waals surface area contributed by atoms with Gasteiger partial charge in [0.2, 0.25) is 18.6 Å². The van der Waals surface area contributed by atoms with Gasteiger partial charge in [-0.3, -0.25) is 9.59 Å². The molecule has 3 aliphatic heterocycles. The number of likely N-dealkylation sites (tertiary alicyclic amines) is 1. The van der Waals surface area contributed by atoms with E-state index in [2.05, 4.69) is 0 Å². The van der Waals surface area contributed by atoms with Crippen molar-refractivity contribution in [2.45, 2.75) is 12.8 Å². The Hall–Kier alpha value is -2.28. The van der Waals surface area contributed by atoms with Crippen LogP contribution in [0, 0.1) is 11.3 Å². The smallest absolute Gasteiger partial charge is 0.231 e. The van der Waals surface area contributed by atoms with E-state index >= 15 is 0 Å².